The van der Waals surface area contributed by atoms with E-state index in [4.69, 9.17) is 0 Å². The Morgan fingerprint density at radius 3 is 3.07 bits per heavy atom. The maximum absolute atomic E-state index is 12.9. The molecule has 0 radical (unpaired) electrons. The molecule has 1 aromatic rings. The number of hydrogen-bond donors (Lipinski definition) is 1. The van der Waals surface area contributed by atoms with Gasteiger partial charge >= 0.3 is 0 Å². The highest BCUT2D eigenvalue weighted by molar-refractivity contribution is 5.58. The Bertz CT molecular complexity index is 353. The molecule has 1 saturated heterocycles. The monoisotopic (exact) mass is 207 g/mol. The molecule has 0 bridgehead atoms. The number of benzene rings is 1. The van der Waals surface area contributed by atoms with Crippen molar-refractivity contribution >= 4 is 6.29 Å². The molecule has 1 heterocycles. The number of rotatable bonds is 3. The van der Waals surface area contributed by atoms with E-state index < -0.39 is 0 Å². The van der Waals surface area contributed by atoms with Gasteiger partial charge in [-0.3, -0.25) is 0 Å². The fourth-order valence-corrected chi connectivity index (χ4v) is 2.10. The zero-order chi connectivity index (χ0) is 10.7. The lowest BCUT2D eigenvalue weighted by atomic mass is 9.97. The molecule has 1 fully saturated rings. The van der Waals surface area contributed by atoms with Gasteiger partial charge in [0.2, 0.25) is 0 Å². The molecule has 80 valence electrons. The summed E-state index contributed by atoms with van der Waals surface area (Å²) in [5.41, 5.74) is 1.01. The van der Waals surface area contributed by atoms with Gasteiger partial charge in [0.1, 0.15) is 12.1 Å². The lowest BCUT2D eigenvalue weighted by Crippen LogP contribution is -2.22. The number of aldehydes is 1. The van der Waals surface area contributed by atoms with Gasteiger partial charge in [-0.2, -0.15) is 0 Å². The first-order valence-electron chi connectivity index (χ1n) is 5.21. The van der Waals surface area contributed by atoms with Crippen molar-refractivity contribution in [3.05, 3.63) is 35.6 Å². The zero-order valence-corrected chi connectivity index (χ0v) is 8.45. The van der Waals surface area contributed by atoms with Crippen molar-refractivity contribution in [1.82, 2.24) is 5.32 Å². The van der Waals surface area contributed by atoms with Gasteiger partial charge in [-0.05, 0) is 43.0 Å². The Labute approximate surface area is 88.5 Å². The molecule has 0 spiro atoms. The lowest BCUT2D eigenvalue weighted by molar-refractivity contribution is -0.109. The Balaban J connectivity index is 1.95. The first-order valence-corrected chi connectivity index (χ1v) is 5.21. The second-order valence-corrected chi connectivity index (χ2v) is 4.09. The van der Waals surface area contributed by atoms with Gasteiger partial charge in [-0.25, -0.2) is 4.39 Å². The molecular formula is C12H14FNO. The molecule has 2 nitrogen and oxygen atoms in total. The third-order valence-corrected chi connectivity index (χ3v) is 2.83. The first-order chi connectivity index (χ1) is 7.28. The summed E-state index contributed by atoms with van der Waals surface area (Å²) in [6, 6.07) is 6.66. The van der Waals surface area contributed by atoms with Crippen molar-refractivity contribution in [2.45, 2.75) is 18.9 Å². The zero-order valence-electron chi connectivity index (χ0n) is 8.45. The van der Waals surface area contributed by atoms with Gasteiger partial charge < -0.3 is 10.1 Å². The van der Waals surface area contributed by atoms with E-state index in [9.17, 15) is 9.18 Å². The number of hydrogen-bond acceptors (Lipinski definition) is 2. The van der Waals surface area contributed by atoms with Crippen LogP contribution in [0.1, 0.15) is 12.0 Å². The highest BCUT2D eigenvalue weighted by Gasteiger charge is 2.23. The van der Waals surface area contributed by atoms with Crippen LogP contribution in [-0.4, -0.2) is 18.9 Å². The van der Waals surface area contributed by atoms with Gasteiger partial charge in [0.15, 0.2) is 0 Å². The summed E-state index contributed by atoms with van der Waals surface area (Å²) in [6.07, 6.45) is 2.65. The summed E-state index contributed by atoms with van der Waals surface area (Å²) < 4.78 is 12.9. The van der Waals surface area contributed by atoms with Crippen LogP contribution in [-0.2, 0) is 11.2 Å². The second-order valence-electron chi connectivity index (χ2n) is 4.09. The molecule has 2 rings (SSSR count). The molecular weight excluding hydrogens is 193 g/mol. The predicted octanol–water partition coefficient (Wildman–Crippen LogP) is 1.55. The quantitative estimate of drug-likeness (QED) is 0.762. The highest BCUT2D eigenvalue weighted by Crippen LogP contribution is 2.18. The van der Waals surface area contributed by atoms with Crippen molar-refractivity contribution in [3.63, 3.8) is 0 Å². The van der Waals surface area contributed by atoms with E-state index in [0.717, 1.165) is 31.2 Å². The molecule has 2 atom stereocenters. The molecule has 3 heteroatoms. The Morgan fingerprint density at radius 2 is 2.40 bits per heavy atom. The van der Waals surface area contributed by atoms with Crippen LogP contribution in [0.15, 0.2) is 24.3 Å². The SMILES string of the molecule is O=C[C@@H]1C[C@H](Cc2cccc(F)c2)CN1. The minimum Gasteiger partial charge on any atom is -0.307 e. The maximum Gasteiger partial charge on any atom is 0.136 e. The van der Waals surface area contributed by atoms with E-state index in [-0.39, 0.29) is 11.9 Å². The van der Waals surface area contributed by atoms with Crippen LogP contribution >= 0.6 is 0 Å². The molecule has 1 aliphatic rings. The predicted molar refractivity (Wildman–Crippen MR) is 56.1 cm³/mol. The van der Waals surface area contributed by atoms with Crippen LogP contribution in [0.25, 0.3) is 0 Å². The second kappa shape index (κ2) is 4.53. The third kappa shape index (κ3) is 2.63. The topological polar surface area (TPSA) is 29.1 Å². The van der Waals surface area contributed by atoms with E-state index in [1.807, 2.05) is 6.07 Å². The van der Waals surface area contributed by atoms with Crippen molar-refractivity contribution in [1.29, 1.82) is 0 Å². The number of carbonyl (C=O) groups is 1. The molecule has 0 aliphatic carbocycles. The van der Waals surface area contributed by atoms with Crippen LogP contribution in [0.4, 0.5) is 4.39 Å². The normalized spacial score (nSPS) is 25.4. The van der Waals surface area contributed by atoms with Gasteiger partial charge in [0.05, 0.1) is 6.04 Å². The van der Waals surface area contributed by atoms with E-state index in [1.165, 1.54) is 6.07 Å². The standard InChI is InChI=1S/C12H14FNO/c13-11-3-1-2-9(5-11)4-10-6-12(8-15)14-7-10/h1-3,5,8,10,12,14H,4,6-7H2/t10-,12-/m0/s1. The molecule has 0 amide bonds. The van der Waals surface area contributed by atoms with Gasteiger partial charge in [0.25, 0.3) is 0 Å². The van der Waals surface area contributed by atoms with Crippen molar-refractivity contribution in [2.75, 3.05) is 6.54 Å². The molecule has 15 heavy (non-hydrogen) atoms. The average molecular weight is 207 g/mol. The third-order valence-electron chi connectivity index (χ3n) is 2.83. The summed E-state index contributed by atoms with van der Waals surface area (Å²) in [5, 5.41) is 3.13. The Kier molecular flexibility index (Phi) is 3.11. The molecule has 1 aromatic carbocycles. The van der Waals surface area contributed by atoms with Gasteiger partial charge in [0, 0.05) is 0 Å². The van der Waals surface area contributed by atoms with Crippen molar-refractivity contribution in [3.8, 4) is 0 Å². The average Bonchev–Trinajstić information content (AvgIpc) is 2.65. The van der Waals surface area contributed by atoms with Crippen LogP contribution in [0, 0.1) is 11.7 Å². The van der Waals surface area contributed by atoms with Crippen molar-refractivity contribution < 1.29 is 9.18 Å². The molecule has 0 aromatic heterocycles. The lowest BCUT2D eigenvalue weighted by Gasteiger charge is -2.07. The van der Waals surface area contributed by atoms with Crippen LogP contribution in [0.3, 0.4) is 0 Å². The van der Waals surface area contributed by atoms with Crippen LogP contribution in [0.5, 0.6) is 0 Å². The maximum atomic E-state index is 12.9. The molecule has 1 N–H and O–H groups in total. The summed E-state index contributed by atoms with van der Waals surface area (Å²) in [7, 11) is 0. The van der Waals surface area contributed by atoms with E-state index >= 15 is 0 Å². The van der Waals surface area contributed by atoms with E-state index in [2.05, 4.69) is 5.32 Å². The minimum absolute atomic E-state index is 0.0106. The number of nitrogens with one attached hydrogen (secondary N) is 1. The van der Waals surface area contributed by atoms with Crippen LogP contribution < -0.4 is 5.32 Å². The number of carbonyl (C=O) groups excluding carboxylic acids is 1. The Hall–Kier alpha value is -1.22. The van der Waals surface area contributed by atoms with Crippen molar-refractivity contribution in [2.24, 2.45) is 5.92 Å². The van der Waals surface area contributed by atoms with Gasteiger partial charge in [-0.1, -0.05) is 12.1 Å². The summed E-state index contributed by atoms with van der Waals surface area (Å²) in [4.78, 5) is 10.5. The van der Waals surface area contributed by atoms with Crippen LogP contribution in [0.2, 0.25) is 0 Å². The van der Waals surface area contributed by atoms with E-state index in [1.54, 1.807) is 12.1 Å². The fraction of sp³-hybridized carbons (Fsp3) is 0.417. The summed E-state index contributed by atoms with van der Waals surface area (Å²) >= 11 is 0. The number of halogens is 1. The summed E-state index contributed by atoms with van der Waals surface area (Å²) in [5.74, 6) is 0.257. The smallest absolute Gasteiger partial charge is 0.136 e. The Morgan fingerprint density at radius 1 is 1.53 bits per heavy atom. The van der Waals surface area contributed by atoms with Gasteiger partial charge in [-0.15, -0.1) is 0 Å². The molecule has 1 aliphatic heterocycles. The largest absolute Gasteiger partial charge is 0.307 e. The first kappa shape index (κ1) is 10.3. The summed E-state index contributed by atoms with van der Waals surface area (Å²) in [6.45, 7) is 0.847. The molecule has 0 unspecified atom stereocenters. The van der Waals surface area contributed by atoms with E-state index in [0.29, 0.717) is 5.92 Å². The fourth-order valence-electron chi connectivity index (χ4n) is 2.10. The highest BCUT2D eigenvalue weighted by atomic mass is 19.1. The minimum atomic E-state index is -0.189. The molecule has 0 saturated carbocycles.